The minimum absolute atomic E-state index is 0.0594. The molecule has 0 bridgehead atoms. The Balaban J connectivity index is 1.60. The van der Waals surface area contributed by atoms with E-state index in [0.717, 1.165) is 0 Å². The third kappa shape index (κ3) is 5.30. The predicted molar refractivity (Wildman–Crippen MR) is 149 cm³/mol. The zero-order valence-corrected chi connectivity index (χ0v) is 23.3. The van der Waals surface area contributed by atoms with Crippen molar-refractivity contribution in [1.29, 1.82) is 5.26 Å². The summed E-state index contributed by atoms with van der Waals surface area (Å²) >= 11 is 6.68. The number of anilines is 2. The Bertz CT molecular complexity index is 1620. The zero-order chi connectivity index (χ0) is 28.8. The number of nitrogens with zero attached hydrogens (tertiary/aromatic N) is 5. The lowest BCUT2D eigenvalue weighted by atomic mass is 9.96. The van der Waals surface area contributed by atoms with Crippen molar-refractivity contribution in [2.24, 2.45) is 5.41 Å². The van der Waals surface area contributed by atoms with Gasteiger partial charge >= 0.3 is 0 Å². The Hall–Kier alpha value is -3.84. The van der Waals surface area contributed by atoms with Crippen LogP contribution in [0.4, 0.5) is 24.5 Å². The minimum atomic E-state index is -2.57. The maximum absolute atomic E-state index is 14.0. The van der Waals surface area contributed by atoms with E-state index < -0.39 is 23.8 Å². The average Bonchev–Trinajstić information content (AvgIpc) is 3.56. The van der Waals surface area contributed by atoms with Crippen LogP contribution in [0.3, 0.4) is 0 Å². The third-order valence-corrected chi connectivity index (χ3v) is 7.41. The molecule has 5 rings (SSSR count). The molecule has 11 heteroatoms. The number of aromatic nitrogens is 4. The number of benzene rings is 2. The summed E-state index contributed by atoms with van der Waals surface area (Å²) in [6.07, 6.45) is 1.08. The quantitative estimate of drug-likeness (QED) is 0.234. The second-order valence-corrected chi connectivity index (χ2v) is 11.9. The summed E-state index contributed by atoms with van der Waals surface area (Å²) in [5.74, 6) is -0.392. The fraction of sp³-hybridized carbons (Fsp3) is 0.379. The Morgan fingerprint density at radius 2 is 1.95 bits per heavy atom. The largest absolute Gasteiger partial charge is 0.383 e. The van der Waals surface area contributed by atoms with Crippen molar-refractivity contribution < 1.29 is 13.2 Å². The van der Waals surface area contributed by atoms with Crippen LogP contribution in [0.2, 0.25) is 5.02 Å². The number of rotatable bonds is 8. The first-order chi connectivity index (χ1) is 18.9. The zero-order valence-electron chi connectivity index (χ0n) is 22.6. The molecule has 1 fully saturated rings. The highest BCUT2D eigenvalue weighted by atomic mass is 35.5. The van der Waals surface area contributed by atoms with Gasteiger partial charge in [-0.05, 0) is 60.6 Å². The molecule has 0 saturated heterocycles. The van der Waals surface area contributed by atoms with Gasteiger partial charge in [0.05, 0.1) is 34.0 Å². The number of aryl methyl sites for hydroxylation is 1. The number of nitrogens with one attached hydrogen (secondary N) is 2. The molecule has 0 amide bonds. The maximum atomic E-state index is 14.0. The van der Waals surface area contributed by atoms with Gasteiger partial charge in [-0.1, -0.05) is 43.7 Å². The van der Waals surface area contributed by atoms with Crippen molar-refractivity contribution in [1.82, 2.24) is 20.0 Å². The van der Waals surface area contributed by atoms with Crippen LogP contribution in [-0.4, -0.2) is 32.9 Å². The summed E-state index contributed by atoms with van der Waals surface area (Å²) in [5.41, 5.74) is 2.43. The molecule has 2 aromatic heterocycles. The van der Waals surface area contributed by atoms with Crippen LogP contribution in [0, 0.1) is 29.5 Å². The number of hydrogen-bond acceptors (Lipinski definition) is 6. The first-order valence-electron chi connectivity index (χ1n) is 12.9. The van der Waals surface area contributed by atoms with Crippen LogP contribution in [0.25, 0.3) is 10.9 Å². The van der Waals surface area contributed by atoms with Crippen molar-refractivity contribution >= 4 is 33.9 Å². The number of halogens is 4. The number of hydrogen-bond donors (Lipinski definition) is 2. The first-order valence-corrected chi connectivity index (χ1v) is 13.3. The predicted octanol–water partition coefficient (Wildman–Crippen LogP) is 7.21. The lowest BCUT2D eigenvalue weighted by molar-refractivity contribution is 0.0593. The standard InChI is InChI=1S/C29H29ClF3N7/c1-16-9-18(31)5-6-20(16)26(23-14-40(39-38-23)29(7-8-29)27(32)33)37-19-10-21-24(36-15-28(2,3)4)17(12-34)13-35-25(21)22(30)11-19/h5-6,9-11,13-14,26-27,37H,7-8,15H2,1-4H3,(H,35,36)/t26-/m0/s1. The van der Waals surface area contributed by atoms with Crippen molar-refractivity contribution in [2.45, 2.75) is 58.5 Å². The fourth-order valence-electron chi connectivity index (χ4n) is 4.71. The van der Waals surface area contributed by atoms with Gasteiger partial charge in [0, 0.05) is 23.8 Å². The van der Waals surface area contributed by atoms with Crippen molar-refractivity contribution in [3.63, 3.8) is 0 Å². The fourth-order valence-corrected chi connectivity index (χ4v) is 4.98. The van der Waals surface area contributed by atoms with E-state index in [4.69, 9.17) is 11.6 Å². The molecule has 1 aliphatic rings. The van der Waals surface area contributed by atoms with E-state index >= 15 is 0 Å². The van der Waals surface area contributed by atoms with E-state index in [2.05, 4.69) is 52.8 Å². The van der Waals surface area contributed by atoms with Crippen LogP contribution in [0.15, 0.2) is 42.7 Å². The highest BCUT2D eigenvalue weighted by Gasteiger charge is 2.54. The summed E-state index contributed by atoms with van der Waals surface area (Å²) in [6, 6.07) is 9.45. The van der Waals surface area contributed by atoms with E-state index in [9.17, 15) is 18.4 Å². The molecular weight excluding hydrogens is 539 g/mol. The van der Waals surface area contributed by atoms with Gasteiger partial charge in [-0.25, -0.2) is 17.9 Å². The highest BCUT2D eigenvalue weighted by Crippen LogP contribution is 2.48. The molecule has 1 aliphatic carbocycles. The average molecular weight is 568 g/mol. The number of nitriles is 1. The summed E-state index contributed by atoms with van der Waals surface area (Å²) in [6.45, 7) is 8.61. The maximum Gasteiger partial charge on any atom is 0.263 e. The highest BCUT2D eigenvalue weighted by molar-refractivity contribution is 6.35. The SMILES string of the molecule is Cc1cc(F)ccc1[C@H](Nc1cc(Cl)c2ncc(C#N)c(NCC(C)(C)C)c2c1)c1cn(C2(C(F)F)CC2)nn1. The van der Waals surface area contributed by atoms with Crippen molar-refractivity contribution in [3.8, 4) is 6.07 Å². The topological polar surface area (TPSA) is 91.5 Å². The molecular formula is C29H29ClF3N7. The molecule has 0 unspecified atom stereocenters. The van der Waals surface area contributed by atoms with E-state index in [1.807, 2.05) is 6.07 Å². The summed E-state index contributed by atoms with van der Waals surface area (Å²) in [4.78, 5) is 4.41. The Labute approximate surface area is 235 Å². The van der Waals surface area contributed by atoms with Gasteiger partial charge in [0.2, 0.25) is 0 Å². The molecule has 1 saturated carbocycles. The molecule has 4 aromatic rings. The van der Waals surface area contributed by atoms with Crippen molar-refractivity contribution in [3.05, 3.63) is 75.9 Å². The Kier molecular flexibility index (Phi) is 7.13. The lowest BCUT2D eigenvalue weighted by Gasteiger charge is -2.23. The summed E-state index contributed by atoms with van der Waals surface area (Å²) < 4.78 is 42.8. The second kappa shape index (κ2) is 10.3. The molecule has 1 atom stereocenters. The van der Waals surface area contributed by atoms with Gasteiger partial charge in [0.25, 0.3) is 6.43 Å². The molecule has 40 heavy (non-hydrogen) atoms. The molecule has 2 N–H and O–H groups in total. The van der Waals surface area contributed by atoms with Crippen LogP contribution in [0.5, 0.6) is 0 Å². The van der Waals surface area contributed by atoms with Gasteiger partial charge < -0.3 is 10.6 Å². The second-order valence-electron chi connectivity index (χ2n) is 11.5. The summed E-state index contributed by atoms with van der Waals surface area (Å²) in [7, 11) is 0. The molecule has 7 nitrogen and oxygen atoms in total. The normalized spacial score (nSPS) is 15.2. The van der Waals surface area contributed by atoms with Crippen LogP contribution in [-0.2, 0) is 5.54 Å². The number of fused-ring (bicyclic) bond motifs is 1. The minimum Gasteiger partial charge on any atom is -0.383 e. The Morgan fingerprint density at radius 3 is 2.58 bits per heavy atom. The third-order valence-electron chi connectivity index (χ3n) is 7.13. The van der Waals surface area contributed by atoms with Gasteiger partial charge in [0.15, 0.2) is 0 Å². The molecule has 0 radical (unpaired) electrons. The van der Waals surface area contributed by atoms with Gasteiger partial charge in [-0.15, -0.1) is 5.10 Å². The first kappa shape index (κ1) is 27.7. The summed E-state index contributed by atoms with van der Waals surface area (Å²) in [5, 5.41) is 25.9. The molecule has 0 aliphatic heterocycles. The van der Waals surface area contributed by atoms with Crippen molar-refractivity contribution in [2.75, 3.05) is 17.2 Å². The van der Waals surface area contributed by atoms with E-state index in [1.54, 1.807) is 19.1 Å². The van der Waals surface area contributed by atoms with Gasteiger partial charge in [-0.3, -0.25) is 4.98 Å². The van der Waals surface area contributed by atoms with Crippen LogP contribution < -0.4 is 10.6 Å². The molecule has 0 spiro atoms. The van der Waals surface area contributed by atoms with Crippen LogP contribution >= 0.6 is 11.6 Å². The molecule has 2 heterocycles. The number of alkyl halides is 2. The van der Waals surface area contributed by atoms with E-state index in [0.29, 0.717) is 69.1 Å². The lowest BCUT2D eigenvalue weighted by Crippen LogP contribution is -2.26. The molecule has 2 aromatic carbocycles. The Morgan fingerprint density at radius 1 is 1.20 bits per heavy atom. The van der Waals surface area contributed by atoms with E-state index in [-0.39, 0.29) is 5.41 Å². The van der Waals surface area contributed by atoms with E-state index in [1.165, 1.54) is 29.2 Å². The number of pyridine rings is 1. The monoisotopic (exact) mass is 567 g/mol. The molecule has 208 valence electrons. The van der Waals surface area contributed by atoms with Gasteiger partial charge in [-0.2, -0.15) is 5.26 Å². The van der Waals surface area contributed by atoms with Gasteiger partial charge in [0.1, 0.15) is 23.1 Å². The van der Waals surface area contributed by atoms with Crippen LogP contribution in [0.1, 0.15) is 62.0 Å². The smallest absolute Gasteiger partial charge is 0.263 e.